The van der Waals surface area contributed by atoms with Crippen LogP contribution in [0.1, 0.15) is 11.3 Å². The number of thioether (sulfide) groups is 1. The summed E-state index contributed by atoms with van der Waals surface area (Å²) in [6.45, 7) is 0. The first kappa shape index (κ1) is 14.9. The largest absolute Gasteiger partial charge is 0.292 e. The van der Waals surface area contributed by atoms with Crippen LogP contribution in [-0.4, -0.2) is 10.0 Å². The van der Waals surface area contributed by atoms with Crippen molar-refractivity contribution in [1.29, 1.82) is 5.41 Å². The molecule has 0 amide bonds. The minimum Gasteiger partial charge on any atom is -0.292 e. The maximum Gasteiger partial charge on any atom is 0.113 e. The van der Waals surface area contributed by atoms with Gasteiger partial charge in [-0.2, -0.15) is 0 Å². The maximum atomic E-state index is 8.32. The first-order valence-electron chi connectivity index (χ1n) is 7.85. The van der Waals surface area contributed by atoms with Gasteiger partial charge in [0.05, 0.1) is 11.2 Å². The second-order valence-electron chi connectivity index (χ2n) is 5.69. The lowest BCUT2D eigenvalue weighted by Gasteiger charge is -2.06. The van der Waals surface area contributed by atoms with Crippen molar-refractivity contribution >= 4 is 38.5 Å². The molecule has 0 aliphatic heterocycles. The van der Waals surface area contributed by atoms with E-state index < -0.39 is 0 Å². The van der Waals surface area contributed by atoms with Crippen LogP contribution in [0.4, 0.5) is 0 Å². The third-order valence-electron chi connectivity index (χ3n) is 4.03. The molecule has 116 valence electrons. The predicted molar refractivity (Wildman–Crippen MR) is 104 cm³/mol. The van der Waals surface area contributed by atoms with Crippen molar-refractivity contribution in [2.75, 3.05) is 0 Å². The summed E-state index contributed by atoms with van der Waals surface area (Å²) in [6.07, 6.45) is 0. The number of aromatic nitrogens is 1. The van der Waals surface area contributed by atoms with Crippen LogP contribution < -0.4 is 0 Å². The van der Waals surface area contributed by atoms with Gasteiger partial charge in [0.2, 0.25) is 0 Å². The van der Waals surface area contributed by atoms with Crippen LogP contribution in [0.15, 0.2) is 78.9 Å². The van der Waals surface area contributed by atoms with Crippen LogP contribution in [-0.2, 0) is 5.75 Å². The van der Waals surface area contributed by atoms with Gasteiger partial charge < -0.3 is 0 Å². The molecule has 1 aromatic heterocycles. The minimum absolute atomic E-state index is 0.508. The molecule has 0 saturated heterocycles. The van der Waals surface area contributed by atoms with Crippen molar-refractivity contribution in [3.8, 4) is 0 Å². The summed E-state index contributed by atoms with van der Waals surface area (Å²) in [6, 6.07) is 26.8. The number of pyridine rings is 1. The topological polar surface area (TPSA) is 36.7 Å². The van der Waals surface area contributed by atoms with E-state index in [1.807, 2.05) is 36.4 Å². The lowest BCUT2D eigenvalue weighted by Crippen LogP contribution is -1.98. The highest BCUT2D eigenvalue weighted by Crippen LogP contribution is 2.22. The van der Waals surface area contributed by atoms with Crippen molar-refractivity contribution in [2.24, 2.45) is 0 Å². The number of hydrogen-bond donors (Lipinski definition) is 1. The number of rotatable bonds is 3. The molecule has 0 bridgehead atoms. The van der Waals surface area contributed by atoms with Crippen molar-refractivity contribution < 1.29 is 0 Å². The van der Waals surface area contributed by atoms with Gasteiger partial charge in [-0.1, -0.05) is 66.7 Å². The number of nitrogens with zero attached hydrogens (tertiary/aromatic N) is 1. The van der Waals surface area contributed by atoms with Crippen LogP contribution in [0.25, 0.3) is 21.7 Å². The van der Waals surface area contributed by atoms with Gasteiger partial charge in [0.25, 0.3) is 0 Å². The summed E-state index contributed by atoms with van der Waals surface area (Å²) >= 11 is 1.52. The van der Waals surface area contributed by atoms with Crippen molar-refractivity contribution in [3.63, 3.8) is 0 Å². The van der Waals surface area contributed by atoms with Crippen LogP contribution in [0.5, 0.6) is 0 Å². The summed E-state index contributed by atoms with van der Waals surface area (Å²) in [7, 11) is 0. The highest BCUT2D eigenvalue weighted by molar-refractivity contribution is 8.13. The zero-order valence-corrected chi connectivity index (χ0v) is 13.9. The fraction of sp³-hybridized carbons (Fsp3) is 0.0476. The summed E-state index contributed by atoms with van der Waals surface area (Å²) in [5.74, 6) is 0.776. The molecule has 0 unspecified atom stereocenters. The van der Waals surface area contributed by atoms with Gasteiger partial charge in [-0.05, 0) is 28.5 Å². The summed E-state index contributed by atoms with van der Waals surface area (Å²) in [5, 5.41) is 12.4. The zero-order valence-electron chi connectivity index (χ0n) is 13.1. The molecule has 24 heavy (non-hydrogen) atoms. The molecule has 2 nitrogen and oxygen atoms in total. The van der Waals surface area contributed by atoms with E-state index in [2.05, 4.69) is 47.4 Å². The van der Waals surface area contributed by atoms with Gasteiger partial charge in [0.15, 0.2) is 0 Å². The lowest BCUT2D eigenvalue weighted by molar-refractivity contribution is 1.35. The Morgan fingerprint density at radius 3 is 2.38 bits per heavy atom. The SMILES string of the molecule is N=C(SCc1ccc2ccccc2c1)c1ccc2ccccc2n1. The molecule has 3 aromatic carbocycles. The fourth-order valence-electron chi connectivity index (χ4n) is 2.75. The van der Waals surface area contributed by atoms with E-state index in [0.29, 0.717) is 5.04 Å². The first-order valence-corrected chi connectivity index (χ1v) is 8.83. The average molecular weight is 328 g/mol. The van der Waals surface area contributed by atoms with Crippen molar-refractivity contribution in [2.45, 2.75) is 5.75 Å². The third kappa shape index (κ3) is 3.03. The van der Waals surface area contributed by atoms with Gasteiger partial charge in [0.1, 0.15) is 5.04 Å². The van der Waals surface area contributed by atoms with E-state index in [4.69, 9.17) is 5.41 Å². The van der Waals surface area contributed by atoms with Gasteiger partial charge in [-0.25, -0.2) is 4.98 Å². The second-order valence-corrected chi connectivity index (χ2v) is 6.67. The Balaban J connectivity index is 1.52. The Labute approximate surface area is 145 Å². The summed E-state index contributed by atoms with van der Waals surface area (Å²) < 4.78 is 0. The van der Waals surface area contributed by atoms with E-state index in [1.165, 1.54) is 28.1 Å². The van der Waals surface area contributed by atoms with E-state index in [-0.39, 0.29) is 0 Å². The molecule has 4 rings (SSSR count). The van der Waals surface area contributed by atoms with Gasteiger partial charge in [0, 0.05) is 11.1 Å². The molecule has 0 aliphatic carbocycles. The minimum atomic E-state index is 0.508. The maximum absolute atomic E-state index is 8.32. The zero-order chi connectivity index (χ0) is 16.4. The highest BCUT2D eigenvalue weighted by atomic mass is 32.2. The Kier molecular flexibility index (Phi) is 4.01. The third-order valence-corrected chi connectivity index (χ3v) is 5.00. The normalized spacial score (nSPS) is 11.0. The number of nitrogens with one attached hydrogen (secondary N) is 1. The molecule has 4 aromatic rings. The summed E-state index contributed by atoms with van der Waals surface area (Å²) in [4.78, 5) is 4.59. The first-order chi connectivity index (χ1) is 11.8. The summed E-state index contributed by atoms with van der Waals surface area (Å²) in [5.41, 5.74) is 2.90. The van der Waals surface area contributed by atoms with Crippen molar-refractivity contribution in [1.82, 2.24) is 4.98 Å². The molecule has 1 N–H and O–H groups in total. The Hall–Kier alpha value is -2.65. The van der Waals surface area contributed by atoms with E-state index in [9.17, 15) is 0 Å². The molecular formula is C21H16N2S. The van der Waals surface area contributed by atoms with Crippen LogP contribution >= 0.6 is 11.8 Å². The molecule has 1 heterocycles. The monoisotopic (exact) mass is 328 g/mol. The smallest absolute Gasteiger partial charge is 0.113 e. The average Bonchev–Trinajstić information content (AvgIpc) is 2.65. The second kappa shape index (κ2) is 6.46. The van der Waals surface area contributed by atoms with E-state index >= 15 is 0 Å². The van der Waals surface area contributed by atoms with E-state index in [0.717, 1.165) is 22.3 Å². The van der Waals surface area contributed by atoms with Crippen LogP contribution in [0, 0.1) is 5.41 Å². The molecule has 0 radical (unpaired) electrons. The standard InChI is InChI=1S/C21H16N2S/c22-21(20-12-11-17-6-3-4-8-19(17)23-20)24-14-15-9-10-16-5-1-2-7-18(16)13-15/h1-13,22H,14H2. The molecule has 3 heteroatoms. The lowest BCUT2D eigenvalue weighted by atomic mass is 10.1. The number of benzene rings is 3. The van der Waals surface area contributed by atoms with Crippen molar-refractivity contribution in [3.05, 3.63) is 90.1 Å². The molecule has 0 spiro atoms. The van der Waals surface area contributed by atoms with Gasteiger partial charge in [-0.15, -0.1) is 11.8 Å². The van der Waals surface area contributed by atoms with Gasteiger partial charge in [-0.3, -0.25) is 5.41 Å². The number of para-hydroxylation sites is 1. The number of hydrogen-bond acceptors (Lipinski definition) is 3. The van der Waals surface area contributed by atoms with Crippen LogP contribution in [0.2, 0.25) is 0 Å². The molecule has 0 saturated carbocycles. The predicted octanol–water partition coefficient (Wildman–Crippen LogP) is 5.65. The number of fused-ring (bicyclic) bond motifs is 2. The van der Waals surface area contributed by atoms with Crippen LogP contribution in [0.3, 0.4) is 0 Å². The quantitative estimate of drug-likeness (QED) is 0.390. The van der Waals surface area contributed by atoms with E-state index in [1.54, 1.807) is 0 Å². The molecular weight excluding hydrogens is 312 g/mol. The Morgan fingerprint density at radius 2 is 1.50 bits per heavy atom. The fourth-order valence-corrected chi connectivity index (χ4v) is 3.50. The molecule has 0 fully saturated rings. The highest BCUT2D eigenvalue weighted by Gasteiger charge is 2.06. The molecule has 0 aliphatic rings. The van der Waals surface area contributed by atoms with Gasteiger partial charge >= 0.3 is 0 Å². The Bertz CT molecular complexity index is 1040. The molecule has 0 atom stereocenters. The Morgan fingerprint density at radius 1 is 0.792 bits per heavy atom.